The Morgan fingerprint density at radius 2 is 1.81 bits per heavy atom. The van der Waals surface area contributed by atoms with Crippen molar-refractivity contribution in [2.75, 3.05) is 26.3 Å². The Labute approximate surface area is 171 Å². The van der Waals surface area contributed by atoms with Crippen molar-refractivity contribution in [1.29, 1.82) is 0 Å². The number of morpholine rings is 1. The quantitative estimate of drug-likeness (QED) is 0.582. The van der Waals surface area contributed by atoms with E-state index in [2.05, 4.69) is 46.8 Å². The number of aromatic nitrogens is 1. The van der Waals surface area contributed by atoms with Gasteiger partial charge in [-0.05, 0) is 36.1 Å². The Kier molecular flexibility index (Phi) is 5.21. The molecule has 0 amide bonds. The fourth-order valence-corrected chi connectivity index (χ4v) is 5.05. The van der Waals surface area contributed by atoms with Gasteiger partial charge in [0.2, 0.25) is 0 Å². The Morgan fingerprint density at radius 1 is 1.04 bits per heavy atom. The van der Waals surface area contributed by atoms with Crippen LogP contribution in [0.25, 0.3) is 22.2 Å². The second-order valence-electron chi connectivity index (χ2n) is 7.31. The zero-order valence-electron chi connectivity index (χ0n) is 15.5. The molecule has 0 bridgehead atoms. The summed E-state index contributed by atoms with van der Waals surface area (Å²) in [5, 5.41) is 2.26. The summed E-state index contributed by atoms with van der Waals surface area (Å²) in [6, 6.07) is 15.5. The van der Waals surface area contributed by atoms with Gasteiger partial charge in [-0.15, -0.1) is 12.4 Å². The predicted molar refractivity (Wildman–Crippen MR) is 114 cm³/mol. The monoisotopic (exact) mass is 402 g/mol. The maximum atomic E-state index is 6.56. The smallest absolute Gasteiger partial charge is 0.0594 e. The van der Waals surface area contributed by atoms with E-state index in [1.54, 1.807) is 0 Å². The van der Waals surface area contributed by atoms with Gasteiger partial charge in [0, 0.05) is 47.7 Å². The van der Waals surface area contributed by atoms with Crippen LogP contribution < -0.4 is 0 Å². The summed E-state index contributed by atoms with van der Waals surface area (Å²) in [5.41, 5.74) is 6.65. The third-order valence-corrected chi connectivity index (χ3v) is 6.33. The van der Waals surface area contributed by atoms with Crippen LogP contribution in [0.3, 0.4) is 0 Å². The van der Waals surface area contributed by atoms with Crippen molar-refractivity contribution in [2.24, 2.45) is 7.05 Å². The predicted octanol–water partition coefficient (Wildman–Crippen LogP) is 5.24. The van der Waals surface area contributed by atoms with Gasteiger partial charge in [0.05, 0.1) is 18.9 Å². The number of halogens is 2. The van der Waals surface area contributed by atoms with Gasteiger partial charge in [-0.3, -0.25) is 4.90 Å². The average molecular weight is 403 g/mol. The lowest BCUT2D eigenvalue weighted by atomic mass is 9.86. The molecule has 1 atom stereocenters. The lowest BCUT2D eigenvalue weighted by molar-refractivity contribution is 0.0141. The molecule has 1 aromatic heterocycles. The average Bonchev–Trinajstić information content (AvgIpc) is 2.97. The maximum absolute atomic E-state index is 6.56. The van der Waals surface area contributed by atoms with Gasteiger partial charge in [0.25, 0.3) is 0 Å². The number of benzene rings is 2. The van der Waals surface area contributed by atoms with E-state index in [0.29, 0.717) is 6.04 Å². The topological polar surface area (TPSA) is 17.4 Å². The number of hydrogen-bond donors (Lipinski definition) is 0. The molecule has 0 saturated carbocycles. The van der Waals surface area contributed by atoms with Gasteiger partial charge in [-0.2, -0.15) is 0 Å². The summed E-state index contributed by atoms with van der Waals surface area (Å²) in [4.78, 5) is 2.60. The Bertz CT molecular complexity index is 976. The minimum atomic E-state index is 0. The van der Waals surface area contributed by atoms with Crippen LogP contribution in [-0.4, -0.2) is 35.8 Å². The second kappa shape index (κ2) is 7.48. The number of hydrogen-bond acceptors (Lipinski definition) is 2. The fourth-order valence-electron chi connectivity index (χ4n) is 4.83. The van der Waals surface area contributed by atoms with Gasteiger partial charge >= 0.3 is 0 Å². The van der Waals surface area contributed by atoms with Crippen LogP contribution in [0.5, 0.6) is 0 Å². The minimum absolute atomic E-state index is 0. The van der Waals surface area contributed by atoms with Crippen LogP contribution in [0.4, 0.5) is 0 Å². The van der Waals surface area contributed by atoms with E-state index >= 15 is 0 Å². The van der Waals surface area contributed by atoms with Crippen molar-refractivity contribution in [2.45, 2.75) is 18.9 Å². The first-order valence-electron chi connectivity index (χ1n) is 9.42. The number of nitrogens with zero attached hydrogens (tertiary/aromatic N) is 2. The Morgan fingerprint density at radius 3 is 2.59 bits per heavy atom. The summed E-state index contributed by atoms with van der Waals surface area (Å²) < 4.78 is 7.90. The van der Waals surface area contributed by atoms with Crippen LogP contribution in [0.15, 0.2) is 42.5 Å². The minimum Gasteiger partial charge on any atom is -0.379 e. The molecule has 1 unspecified atom stereocenters. The van der Waals surface area contributed by atoms with Crippen molar-refractivity contribution >= 4 is 34.9 Å². The molecule has 5 rings (SSSR count). The summed E-state index contributed by atoms with van der Waals surface area (Å²) in [5.74, 6) is 0. The molecule has 2 aliphatic rings. The van der Waals surface area contributed by atoms with Crippen molar-refractivity contribution in [3.8, 4) is 11.3 Å². The highest BCUT2D eigenvalue weighted by atomic mass is 35.5. The van der Waals surface area contributed by atoms with Crippen LogP contribution >= 0.6 is 24.0 Å². The molecule has 2 aromatic carbocycles. The van der Waals surface area contributed by atoms with Gasteiger partial charge in [0.15, 0.2) is 0 Å². The standard InChI is InChI=1S/C22H23ClN2O.ClH/c1-24-20-8-4-6-16-19(25-11-13-26-14-12-25)10-9-17(21(16)20)22(24)15-5-2-3-7-18(15)23;/h2-8,19H,9-14H2,1H3;1H. The lowest BCUT2D eigenvalue weighted by Gasteiger charge is -2.37. The van der Waals surface area contributed by atoms with E-state index in [-0.39, 0.29) is 12.4 Å². The van der Waals surface area contributed by atoms with Gasteiger partial charge in [0.1, 0.15) is 0 Å². The second-order valence-corrected chi connectivity index (χ2v) is 7.72. The van der Waals surface area contributed by atoms with E-state index in [9.17, 15) is 0 Å². The van der Waals surface area contributed by atoms with Crippen molar-refractivity contribution in [3.05, 3.63) is 58.6 Å². The molecule has 142 valence electrons. The molecular formula is C22H24Cl2N2O. The molecule has 2 heterocycles. The number of aryl methyl sites for hydroxylation is 2. The molecule has 0 spiro atoms. The zero-order valence-corrected chi connectivity index (χ0v) is 17.0. The number of ether oxygens (including phenoxy) is 1. The highest BCUT2D eigenvalue weighted by Crippen LogP contribution is 2.45. The highest BCUT2D eigenvalue weighted by molar-refractivity contribution is 6.33. The van der Waals surface area contributed by atoms with Crippen molar-refractivity contribution in [1.82, 2.24) is 9.47 Å². The highest BCUT2D eigenvalue weighted by Gasteiger charge is 2.31. The van der Waals surface area contributed by atoms with E-state index < -0.39 is 0 Å². The van der Waals surface area contributed by atoms with Gasteiger partial charge < -0.3 is 9.30 Å². The van der Waals surface area contributed by atoms with Gasteiger partial charge in [-0.1, -0.05) is 41.9 Å². The number of rotatable bonds is 2. The molecule has 0 N–H and O–H groups in total. The lowest BCUT2D eigenvalue weighted by Crippen LogP contribution is -2.40. The molecule has 3 nitrogen and oxygen atoms in total. The van der Waals surface area contributed by atoms with Gasteiger partial charge in [-0.25, -0.2) is 0 Å². The van der Waals surface area contributed by atoms with Crippen LogP contribution in [0.1, 0.15) is 23.6 Å². The van der Waals surface area contributed by atoms with E-state index in [1.165, 1.54) is 27.7 Å². The third-order valence-electron chi connectivity index (χ3n) is 6.00. The normalized spacial score (nSPS) is 19.9. The molecule has 1 saturated heterocycles. The first-order chi connectivity index (χ1) is 12.8. The third kappa shape index (κ3) is 2.98. The molecule has 1 aliphatic carbocycles. The molecule has 3 aromatic rings. The molecule has 1 aliphatic heterocycles. The fraction of sp³-hybridized carbons (Fsp3) is 0.364. The first kappa shape index (κ1) is 18.8. The van der Waals surface area contributed by atoms with E-state index in [0.717, 1.165) is 49.7 Å². The van der Waals surface area contributed by atoms with Crippen molar-refractivity contribution < 1.29 is 4.74 Å². The summed E-state index contributed by atoms with van der Waals surface area (Å²) >= 11 is 6.56. The summed E-state index contributed by atoms with van der Waals surface area (Å²) in [6.07, 6.45) is 2.25. The Hall–Kier alpha value is -1.52. The zero-order chi connectivity index (χ0) is 17.7. The van der Waals surface area contributed by atoms with Crippen LogP contribution in [0, 0.1) is 0 Å². The SMILES string of the molecule is Cl.Cn1c(-c2ccccc2Cl)c2c3c(cccc31)C(N1CCOCC1)CC2. The van der Waals surface area contributed by atoms with Crippen LogP contribution in [-0.2, 0) is 18.2 Å². The molecule has 27 heavy (non-hydrogen) atoms. The Balaban J connectivity index is 0.00000180. The van der Waals surface area contributed by atoms with Crippen LogP contribution in [0.2, 0.25) is 5.02 Å². The van der Waals surface area contributed by atoms with Crippen molar-refractivity contribution in [3.63, 3.8) is 0 Å². The molecular weight excluding hydrogens is 379 g/mol. The molecule has 0 radical (unpaired) electrons. The first-order valence-corrected chi connectivity index (χ1v) is 9.80. The molecule has 5 heteroatoms. The van der Waals surface area contributed by atoms with E-state index in [1.807, 2.05) is 12.1 Å². The maximum Gasteiger partial charge on any atom is 0.0594 e. The van der Waals surface area contributed by atoms with E-state index in [4.69, 9.17) is 16.3 Å². The summed E-state index contributed by atoms with van der Waals surface area (Å²) in [6.45, 7) is 3.75. The molecule has 1 fully saturated rings. The summed E-state index contributed by atoms with van der Waals surface area (Å²) in [7, 11) is 2.17. The largest absolute Gasteiger partial charge is 0.379 e.